The number of nitrogens with one attached hydrogen (secondary N) is 1. The Morgan fingerprint density at radius 2 is 1.95 bits per heavy atom. The first kappa shape index (κ1) is 15.5. The number of carbonyl (C=O) groups is 1. The molecule has 0 fully saturated rings. The van der Waals surface area contributed by atoms with Crippen molar-refractivity contribution in [2.45, 2.75) is 20.3 Å². The lowest BCUT2D eigenvalue weighted by Gasteiger charge is -2.00. The summed E-state index contributed by atoms with van der Waals surface area (Å²) in [7, 11) is 0. The van der Waals surface area contributed by atoms with E-state index in [9.17, 15) is 4.79 Å². The Morgan fingerprint density at radius 1 is 1.26 bits per heavy atom. The van der Waals surface area contributed by atoms with Gasteiger partial charge in [-0.25, -0.2) is 0 Å². The molecule has 0 aliphatic heterocycles. The lowest BCUT2D eigenvalue weighted by atomic mass is 10.1. The smallest absolute Gasteiger partial charge is 0.287 e. The molecule has 1 aromatic carbocycles. The van der Waals surface area contributed by atoms with Crippen LogP contribution in [0.25, 0.3) is 11.0 Å². The van der Waals surface area contributed by atoms with Crippen molar-refractivity contribution in [1.82, 2.24) is 5.32 Å². The van der Waals surface area contributed by atoms with Crippen molar-refractivity contribution in [3.63, 3.8) is 0 Å². The van der Waals surface area contributed by atoms with Crippen molar-refractivity contribution in [3.05, 3.63) is 35.1 Å². The van der Waals surface area contributed by atoms with E-state index >= 15 is 0 Å². The Bertz CT molecular complexity index is 539. The highest BCUT2D eigenvalue weighted by atomic mass is 35.5. The van der Waals surface area contributed by atoms with Crippen molar-refractivity contribution in [3.8, 4) is 0 Å². The van der Waals surface area contributed by atoms with Crippen LogP contribution in [-0.2, 0) is 0 Å². The summed E-state index contributed by atoms with van der Waals surface area (Å²) in [6.45, 7) is 5.21. The monoisotopic (exact) mass is 282 g/mol. The maximum Gasteiger partial charge on any atom is 0.287 e. The molecule has 1 aromatic heterocycles. The number of halogens is 1. The Hall–Kier alpha value is -1.52. The second-order valence-electron chi connectivity index (χ2n) is 4.48. The molecule has 0 saturated carbocycles. The van der Waals surface area contributed by atoms with Crippen molar-refractivity contribution < 1.29 is 9.21 Å². The summed E-state index contributed by atoms with van der Waals surface area (Å²) in [6.07, 6.45) is 0.768. The number of fused-ring (bicyclic) bond motifs is 1. The van der Waals surface area contributed by atoms with Crippen LogP contribution in [0.5, 0.6) is 0 Å². The normalized spacial score (nSPS) is 10.3. The van der Waals surface area contributed by atoms with Crippen LogP contribution in [0.15, 0.2) is 22.6 Å². The van der Waals surface area contributed by atoms with Crippen LogP contribution < -0.4 is 11.1 Å². The molecule has 1 amide bonds. The first-order chi connectivity index (χ1) is 8.61. The van der Waals surface area contributed by atoms with Gasteiger partial charge in [-0.3, -0.25) is 4.79 Å². The molecule has 2 aromatic rings. The van der Waals surface area contributed by atoms with Gasteiger partial charge in [0.15, 0.2) is 5.76 Å². The number of furan rings is 1. The molecule has 5 heteroatoms. The first-order valence-corrected chi connectivity index (χ1v) is 6.11. The number of hydrogen-bond acceptors (Lipinski definition) is 3. The van der Waals surface area contributed by atoms with Gasteiger partial charge >= 0.3 is 0 Å². The number of hydrogen-bond donors (Lipinski definition) is 2. The SMILES string of the molecule is Cc1cc2cc(C(=O)NCCCN)oc2cc1C.Cl. The van der Waals surface area contributed by atoms with Crippen LogP contribution >= 0.6 is 12.4 Å². The van der Waals surface area contributed by atoms with Gasteiger partial charge in [-0.15, -0.1) is 12.4 Å². The van der Waals surface area contributed by atoms with Crippen LogP contribution in [0, 0.1) is 13.8 Å². The highest BCUT2D eigenvalue weighted by molar-refractivity contribution is 5.96. The van der Waals surface area contributed by atoms with Crippen LogP contribution in [0.4, 0.5) is 0 Å². The average Bonchev–Trinajstić information content (AvgIpc) is 2.73. The van der Waals surface area contributed by atoms with E-state index in [1.165, 1.54) is 5.56 Å². The van der Waals surface area contributed by atoms with Gasteiger partial charge in [0.25, 0.3) is 5.91 Å². The molecular weight excluding hydrogens is 264 g/mol. The molecule has 2 rings (SSSR count). The van der Waals surface area contributed by atoms with E-state index in [2.05, 4.69) is 5.32 Å². The summed E-state index contributed by atoms with van der Waals surface area (Å²) < 4.78 is 5.55. The third kappa shape index (κ3) is 3.49. The number of amides is 1. The van der Waals surface area contributed by atoms with Crippen LogP contribution in [0.3, 0.4) is 0 Å². The molecule has 0 aliphatic carbocycles. The molecule has 19 heavy (non-hydrogen) atoms. The highest BCUT2D eigenvalue weighted by Gasteiger charge is 2.12. The molecule has 4 nitrogen and oxygen atoms in total. The van der Waals surface area contributed by atoms with E-state index < -0.39 is 0 Å². The lowest BCUT2D eigenvalue weighted by molar-refractivity contribution is 0.0928. The van der Waals surface area contributed by atoms with Gasteiger partial charge in [0.2, 0.25) is 0 Å². The Labute approximate surface area is 118 Å². The van der Waals surface area contributed by atoms with Crippen LogP contribution in [-0.4, -0.2) is 19.0 Å². The number of aryl methyl sites for hydroxylation is 2. The Balaban J connectivity index is 0.00000180. The predicted octanol–water partition coefficient (Wildman–Crippen LogP) is 2.55. The number of benzene rings is 1. The summed E-state index contributed by atoms with van der Waals surface area (Å²) in [4.78, 5) is 11.8. The molecular formula is C14H19ClN2O2. The average molecular weight is 283 g/mol. The molecule has 0 spiro atoms. The zero-order chi connectivity index (χ0) is 13.1. The molecule has 0 unspecified atom stereocenters. The number of carbonyl (C=O) groups excluding carboxylic acids is 1. The Kier molecular flexibility index (Phi) is 5.39. The van der Waals surface area contributed by atoms with E-state index in [0.717, 1.165) is 23.0 Å². The fourth-order valence-corrected chi connectivity index (χ4v) is 1.81. The summed E-state index contributed by atoms with van der Waals surface area (Å²) in [6, 6.07) is 5.77. The zero-order valence-electron chi connectivity index (χ0n) is 11.2. The van der Waals surface area contributed by atoms with Crippen LogP contribution in [0.2, 0.25) is 0 Å². The number of nitrogens with two attached hydrogens (primary N) is 1. The molecule has 0 bridgehead atoms. The molecule has 0 radical (unpaired) electrons. The molecule has 104 valence electrons. The summed E-state index contributed by atoms with van der Waals surface area (Å²) in [5.41, 5.74) is 8.48. The largest absolute Gasteiger partial charge is 0.451 e. The Morgan fingerprint density at radius 3 is 2.63 bits per heavy atom. The summed E-state index contributed by atoms with van der Waals surface area (Å²) >= 11 is 0. The predicted molar refractivity (Wildman–Crippen MR) is 78.9 cm³/mol. The zero-order valence-corrected chi connectivity index (χ0v) is 12.0. The van der Waals surface area contributed by atoms with E-state index in [4.69, 9.17) is 10.2 Å². The second kappa shape index (κ2) is 6.59. The summed E-state index contributed by atoms with van der Waals surface area (Å²) in [5.74, 6) is 0.168. The fourth-order valence-electron chi connectivity index (χ4n) is 1.81. The van der Waals surface area contributed by atoms with E-state index in [0.29, 0.717) is 18.8 Å². The van der Waals surface area contributed by atoms with Crippen molar-refractivity contribution in [1.29, 1.82) is 0 Å². The van der Waals surface area contributed by atoms with Gasteiger partial charge in [-0.1, -0.05) is 0 Å². The minimum absolute atomic E-state index is 0. The second-order valence-corrected chi connectivity index (χ2v) is 4.48. The molecule has 0 aliphatic rings. The van der Waals surface area contributed by atoms with Gasteiger partial charge in [-0.05, 0) is 56.1 Å². The maximum atomic E-state index is 11.8. The fraction of sp³-hybridized carbons (Fsp3) is 0.357. The molecule has 0 saturated heterocycles. The topological polar surface area (TPSA) is 68.3 Å². The van der Waals surface area contributed by atoms with Gasteiger partial charge < -0.3 is 15.5 Å². The lowest BCUT2D eigenvalue weighted by Crippen LogP contribution is -2.25. The van der Waals surface area contributed by atoms with Gasteiger partial charge in [-0.2, -0.15) is 0 Å². The summed E-state index contributed by atoms with van der Waals surface area (Å²) in [5, 5.41) is 3.74. The quantitative estimate of drug-likeness (QED) is 0.847. The maximum absolute atomic E-state index is 11.8. The third-order valence-electron chi connectivity index (χ3n) is 3.02. The molecule has 1 heterocycles. The van der Waals surface area contributed by atoms with Crippen LogP contribution in [0.1, 0.15) is 28.1 Å². The van der Waals surface area contributed by atoms with Gasteiger partial charge in [0, 0.05) is 11.9 Å². The number of rotatable bonds is 4. The standard InChI is InChI=1S/C14H18N2O2.ClH/c1-9-6-11-8-13(14(17)16-5-3-4-15)18-12(11)7-10(9)2;/h6-8H,3-5,15H2,1-2H3,(H,16,17);1H. The van der Waals surface area contributed by atoms with Crippen molar-refractivity contribution in [2.75, 3.05) is 13.1 Å². The minimum atomic E-state index is -0.185. The van der Waals surface area contributed by atoms with Gasteiger partial charge in [0.1, 0.15) is 5.58 Å². The highest BCUT2D eigenvalue weighted by Crippen LogP contribution is 2.23. The van der Waals surface area contributed by atoms with E-state index in [1.807, 2.05) is 26.0 Å². The minimum Gasteiger partial charge on any atom is -0.451 e. The molecule has 3 N–H and O–H groups in total. The van der Waals surface area contributed by atoms with E-state index in [1.54, 1.807) is 6.07 Å². The van der Waals surface area contributed by atoms with Crippen molar-refractivity contribution >= 4 is 29.3 Å². The molecule has 0 atom stereocenters. The van der Waals surface area contributed by atoms with E-state index in [-0.39, 0.29) is 18.3 Å². The van der Waals surface area contributed by atoms with Crippen molar-refractivity contribution in [2.24, 2.45) is 5.73 Å². The first-order valence-electron chi connectivity index (χ1n) is 6.11. The third-order valence-corrected chi connectivity index (χ3v) is 3.02. The van der Waals surface area contributed by atoms with Gasteiger partial charge in [0.05, 0.1) is 0 Å².